The molecule has 0 bridgehead atoms. The fourth-order valence-corrected chi connectivity index (χ4v) is 1.80. The van der Waals surface area contributed by atoms with Gasteiger partial charge in [-0.3, -0.25) is 0 Å². The van der Waals surface area contributed by atoms with Crippen LogP contribution in [0.15, 0.2) is 29.3 Å². The van der Waals surface area contributed by atoms with Crippen molar-refractivity contribution >= 4 is 29.9 Å². The van der Waals surface area contributed by atoms with Gasteiger partial charge in [0.25, 0.3) is 0 Å². The van der Waals surface area contributed by atoms with Crippen LogP contribution in [0.5, 0.6) is 0 Å². The summed E-state index contributed by atoms with van der Waals surface area (Å²) in [5.74, 6) is 0.384. The second-order valence-corrected chi connectivity index (χ2v) is 4.94. The molecule has 0 unspecified atom stereocenters. The Labute approximate surface area is 158 Å². The number of hydrogen-bond acceptors (Lipinski definition) is 2. The molecule has 0 spiro atoms. The van der Waals surface area contributed by atoms with E-state index in [9.17, 15) is 13.2 Å². The topological polar surface area (TPSA) is 45.7 Å². The average molecular weight is 459 g/mol. The van der Waals surface area contributed by atoms with Gasteiger partial charge in [-0.15, -0.1) is 24.0 Å². The van der Waals surface area contributed by atoms with Crippen LogP contribution in [0, 0.1) is 0 Å². The zero-order valence-electron chi connectivity index (χ0n) is 13.9. The Morgan fingerprint density at radius 1 is 1.08 bits per heavy atom. The summed E-state index contributed by atoms with van der Waals surface area (Å²) in [6.45, 7) is 5.84. The van der Waals surface area contributed by atoms with Gasteiger partial charge in [-0.1, -0.05) is 24.3 Å². The van der Waals surface area contributed by atoms with Crippen molar-refractivity contribution in [3.05, 3.63) is 35.4 Å². The Morgan fingerprint density at radius 2 is 1.71 bits per heavy atom. The maximum atomic E-state index is 12.2. The van der Waals surface area contributed by atoms with Crippen LogP contribution in [0.2, 0.25) is 0 Å². The molecule has 1 aromatic rings. The van der Waals surface area contributed by atoms with Crippen molar-refractivity contribution < 1.29 is 17.9 Å². The highest BCUT2D eigenvalue weighted by Gasteiger charge is 2.26. The number of benzene rings is 1. The minimum Gasteiger partial charge on any atom is -0.377 e. The number of nitrogens with one attached hydrogen (secondary N) is 2. The number of halogens is 4. The molecular weight excluding hydrogens is 434 g/mol. The van der Waals surface area contributed by atoms with Gasteiger partial charge < -0.3 is 15.4 Å². The molecule has 1 rings (SSSR count). The SMILES string of the molecule is CCNC(=NCc1ccc(COCC)cc1)NCCC(F)(F)F.I. The van der Waals surface area contributed by atoms with Crippen molar-refractivity contribution in [2.45, 2.75) is 39.6 Å². The van der Waals surface area contributed by atoms with Gasteiger partial charge in [0.2, 0.25) is 0 Å². The smallest absolute Gasteiger partial charge is 0.377 e. The van der Waals surface area contributed by atoms with E-state index >= 15 is 0 Å². The van der Waals surface area contributed by atoms with Crippen LogP contribution in [0.4, 0.5) is 13.2 Å². The van der Waals surface area contributed by atoms with Crippen LogP contribution in [0.25, 0.3) is 0 Å². The predicted molar refractivity (Wildman–Crippen MR) is 101 cm³/mol. The molecule has 0 aliphatic heterocycles. The van der Waals surface area contributed by atoms with E-state index in [1.807, 2.05) is 38.1 Å². The summed E-state index contributed by atoms with van der Waals surface area (Å²) < 4.78 is 41.8. The van der Waals surface area contributed by atoms with E-state index < -0.39 is 12.6 Å². The maximum absolute atomic E-state index is 12.2. The highest BCUT2D eigenvalue weighted by Crippen LogP contribution is 2.18. The number of nitrogens with zero attached hydrogens (tertiary/aromatic N) is 1. The minimum atomic E-state index is -4.17. The Balaban J connectivity index is 0.00000529. The molecule has 0 atom stereocenters. The number of ether oxygens (including phenoxy) is 1. The number of aliphatic imine (C=N–C) groups is 1. The second kappa shape index (κ2) is 12.3. The van der Waals surface area contributed by atoms with Crippen molar-refractivity contribution in [3.8, 4) is 0 Å². The summed E-state index contributed by atoms with van der Waals surface area (Å²) in [6.07, 6.45) is -5.05. The molecule has 0 amide bonds. The van der Waals surface area contributed by atoms with E-state index in [-0.39, 0.29) is 30.5 Å². The lowest BCUT2D eigenvalue weighted by Gasteiger charge is -2.12. The largest absolute Gasteiger partial charge is 0.390 e. The lowest BCUT2D eigenvalue weighted by atomic mass is 10.1. The molecule has 138 valence electrons. The molecule has 0 radical (unpaired) electrons. The third-order valence-corrected chi connectivity index (χ3v) is 2.96. The number of rotatable bonds is 8. The van der Waals surface area contributed by atoms with Gasteiger partial charge in [-0.05, 0) is 25.0 Å². The first-order chi connectivity index (χ1) is 10.9. The van der Waals surface area contributed by atoms with Crippen molar-refractivity contribution in [2.75, 3.05) is 19.7 Å². The molecule has 0 fully saturated rings. The van der Waals surface area contributed by atoms with Gasteiger partial charge in [0.1, 0.15) is 0 Å². The van der Waals surface area contributed by atoms with Crippen molar-refractivity contribution in [1.29, 1.82) is 0 Å². The van der Waals surface area contributed by atoms with Crippen LogP contribution in [0.1, 0.15) is 31.4 Å². The molecule has 0 aromatic heterocycles. The number of guanidine groups is 1. The van der Waals surface area contributed by atoms with E-state index in [0.29, 0.717) is 32.3 Å². The molecule has 24 heavy (non-hydrogen) atoms. The van der Waals surface area contributed by atoms with Crippen molar-refractivity contribution in [2.24, 2.45) is 4.99 Å². The normalized spacial score (nSPS) is 11.8. The van der Waals surface area contributed by atoms with Gasteiger partial charge in [-0.25, -0.2) is 4.99 Å². The van der Waals surface area contributed by atoms with Crippen LogP contribution in [0.3, 0.4) is 0 Å². The van der Waals surface area contributed by atoms with Gasteiger partial charge in [0.05, 0.1) is 19.6 Å². The highest BCUT2D eigenvalue weighted by atomic mass is 127. The summed E-state index contributed by atoms with van der Waals surface area (Å²) in [6, 6.07) is 7.81. The van der Waals surface area contributed by atoms with Crippen LogP contribution >= 0.6 is 24.0 Å². The monoisotopic (exact) mass is 459 g/mol. The van der Waals surface area contributed by atoms with E-state index in [1.165, 1.54) is 0 Å². The maximum Gasteiger partial charge on any atom is 0.390 e. The summed E-state index contributed by atoms with van der Waals surface area (Å²) >= 11 is 0. The third kappa shape index (κ3) is 10.7. The van der Waals surface area contributed by atoms with Gasteiger partial charge in [0.15, 0.2) is 5.96 Å². The molecule has 8 heteroatoms. The molecule has 2 N–H and O–H groups in total. The summed E-state index contributed by atoms with van der Waals surface area (Å²) in [5.41, 5.74) is 2.06. The fourth-order valence-electron chi connectivity index (χ4n) is 1.80. The van der Waals surface area contributed by atoms with Gasteiger partial charge in [0, 0.05) is 19.7 Å². The first-order valence-corrected chi connectivity index (χ1v) is 7.69. The molecule has 0 aliphatic rings. The Hall–Kier alpha value is -1.03. The standard InChI is InChI=1S/C16H24F3N3O.HI/c1-3-20-15(21-10-9-16(17,18)19)22-11-13-5-7-14(8-6-13)12-23-4-2;/h5-8H,3-4,9-12H2,1-2H3,(H2,20,21,22);1H. The first kappa shape index (κ1) is 23.0. The Morgan fingerprint density at radius 3 is 2.25 bits per heavy atom. The minimum absolute atomic E-state index is 0. The molecule has 1 aromatic carbocycles. The second-order valence-electron chi connectivity index (χ2n) is 4.94. The van der Waals surface area contributed by atoms with E-state index in [4.69, 9.17) is 4.74 Å². The number of hydrogen-bond donors (Lipinski definition) is 2. The first-order valence-electron chi connectivity index (χ1n) is 7.69. The highest BCUT2D eigenvalue weighted by molar-refractivity contribution is 14.0. The quantitative estimate of drug-likeness (QED) is 0.353. The lowest BCUT2D eigenvalue weighted by Crippen LogP contribution is -2.38. The lowest BCUT2D eigenvalue weighted by molar-refractivity contribution is -0.132. The van der Waals surface area contributed by atoms with Crippen LogP contribution in [-0.4, -0.2) is 31.8 Å². The van der Waals surface area contributed by atoms with Crippen LogP contribution < -0.4 is 10.6 Å². The van der Waals surface area contributed by atoms with Gasteiger partial charge >= 0.3 is 6.18 Å². The molecule has 0 heterocycles. The Bertz CT molecular complexity index is 478. The number of alkyl halides is 3. The summed E-state index contributed by atoms with van der Waals surface area (Å²) in [7, 11) is 0. The molecule has 0 saturated carbocycles. The zero-order valence-corrected chi connectivity index (χ0v) is 16.3. The van der Waals surface area contributed by atoms with Crippen molar-refractivity contribution in [1.82, 2.24) is 10.6 Å². The van der Waals surface area contributed by atoms with Crippen molar-refractivity contribution in [3.63, 3.8) is 0 Å². The fraction of sp³-hybridized carbons (Fsp3) is 0.562. The predicted octanol–water partition coefficient (Wildman–Crippen LogP) is 3.85. The third-order valence-electron chi connectivity index (χ3n) is 2.96. The summed E-state index contributed by atoms with van der Waals surface area (Å²) in [4.78, 5) is 4.29. The molecule has 0 saturated heterocycles. The molecule has 4 nitrogen and oxygen atoms in total. The summed E-state index contributed by atoms with van der Waals surface area (Å²) in [5, 5.41) is 5.62. The zero-order chi connectivity index (χ0) is 17.1. The average Bonchev–Trinajstić information content (AvgIpc) is 2.50. The van der Waals surface area contributed by atoms with Gasteiger partial charge in [-0.2, -0.15) is 13.2 Å². The molecular formula is C16H25F3IN3O. The van der Waals surface area contributed by atoms with E-state index in [1.54, 1.807) is 0 Å². The molecule has 0 aliphatic carbocycles. The van der Waals surface area contributed by atoms with E-state index in [2.05, 4.69) is 15.6 Å². The Kier molecular flexibility index (Phi) is 11.8. The van der Waals surface area contributed by atoms with E-state index in [0.717, 1.165) is 11.1 Å². The van der Waals surface area contributed by atoms with Crippen LogP contribution in [-0.2, 0) is 17.9 Å².